The molecule has 1 heterocycles. The van der Waals surface area contributed by atoms with Crippen molar-refractivity contribution in [1.29, 1.82) is 0 Å². The van der Waals surface area contributed by atoms with Crippen LogP contribution >= 0.6 is 0 Å². The minimum absolute atomic E-state index is 0.357. The summed E-state index contributed by atoms with van der Waals surface area (Å²) in [5.74, 6) is -0.706. The van der Waals surface area contributed by atoms with Crippen LogP contribution in [0.5, 0.6) is 0 Å². The van der Waals surface area contributed by atoms with Crippen molar-refractivity contribution in [1.82, 2.24) is 3.97 Å². The average molecular weight is 303 g/mol. The fourth-order valence-electron chi connectivity index (χ4n) is 2.54. The summed E-state index contributed by atoms with van der Waals surface area (Å²) in [7, 11) is -3.69. The van der Waals surface area contributed by atoms with Crippen LogP contribution in [0.15, 0.2) is 54.6 Å². The monoisotopic (exact) mass is 303 g/mol. The van der Waals surface area contributed by atoms with E-state index in [4.69, 9.17) is 0 Å². The Morgan fingerprint density at radius 3 is 2.29 bits per heavy atom. The highest BCUT2D eigenvalue weighted by Gasteiger charge is 2.22. The van der Waals surface area contributed by atoms with Crippen LogP contribution in [0.3, 0.4) is 0 Å². The number of halogens is 1. The maximum Gasteiger partial charge on any atom is 0.238 e. The normalized spacial score (nSPS) is 11.9. The molecule has 3 aromatic rings. The largest absolute Gasteiger partial charge is 0.238 e. The van der Waals surface area contributed by atoms with E-state index in [1.165, 1.54) is 0 Å². The minimum Gasteiger partial charge on any atom is -0.212 e. The van der Waals surface area contributed by atoms with Gasteiger partial charge >= 0.3 is 0 Å². The third kappa shape index (κ3) is 2.45. The molecule has 0 aliphatic rings. The van der Waals surface area contributed by atoms with Crippen molar-refractivity contribution in [3.8, 4) is 0 Å². The van der Waals surface area contributed by atoms with E-state index >= 15 is 0 Å². The van der Waals surface area contributed by atoms with E-state index in [0.29, 0.717) is 22.9 Å². The zero-order chi connectivity index (χ0) is 15.0. The topological polar surface area (TPSA) is 39.1 Å². The molecule has 0 bridgehead atoms. The van der Waals surface area contributed by atoms with Gasteiger partial charge in [-0.2, -0.15) is 4.39 Å². The molecule has 0 amide bonds. The standard InChI is InChI=1S/C16H14FNO2S/c1-21(19,20)18-15-10-6-5-9-13(15)14(16(18)17)11-12-7-3-2-4-8-12/h2-10H,11H2,1H3. The maximum atomic E-state index is 14.7. The van der Waals surface area contributed by atoms with E-state index in [1.807, 2.05) is 30.3 Å². The molecule has 108 valence electrons. The Morgan fingerprint density at radius 2 is 1.62 bits per heavy atom. The number of fused-ring (bicyclic) bond motifs is 1. The molecular weight excluding hydrogens is 289 g/mol. The molecular formula is C16H14FNO2S. The molecule has 0 saturated carbocycles. The van der Waals surface area contributed by atoms with Crippen molar-refractivity contribution < 1.29 is 12.8 Å². The van der Waals surface area contributed by atoms with E-state index in [1.54, 1.807) is 24.3 Å². The molecule has 0 saturated heterocycles. The summed E-state index contributed by atoms with van der Waals surface area (Å²) in [6, 6.07) is 16.3. The Balaban J connectivity index is 2.26. The number of rotatable bonds is 3. The number of hydrogen-bond acceptors (Lipinski definition) is 2. The fraction of sp³-hybridized carbons (Fsp3) is 0.125. The van der Waals surface area contributed by atoms with E-state index < -0.39 is 16.0 Å². The average Bonchev–Trinajstić information content (AvgIpc) is 2.73. The van der Waals surface area contributed by atoms with Crippen molar-refractivity contribution >= 4 is 20.9 Å². The highest BCUT2D eigenvalue weighted by atomic mass is 32.2. The molecule has 0 N–H and O–H groups in total. The highest BCUT2D eigenvalue weighted by molar-refractivity contribution is 7.89. The second kappa shape index (κ2) is 5.00. The zero-order valence-electron chi connectivity index (χ0n) is 11.5. The maximum absolute atomic E-state index is 14.7. The van der Waals surface area contributed by atoms with E-state index in [2.05, 4.69) is 0 Å². The van der Waals surface area contributed by atoms with Crippen LogP contribution in [-0.4, -0.2) is 18.6 Å². The minimum atomic E-state index is -3.69. The molecule has 0 radical (unpaired) electrons. The lowest BCUT2D eigenvalue weighted by atomic mass is 10.0. The summed E-state index contributed by atoms with van der Waals surface area (Å²) < 4.78 is 39.1. The van der Waals surface area contributed by atoms with Crippen molar-refractivity contribution in [2.45, 2.75) is 6.42 Å². The Kier molecular flexibility index (Phi) is 3.29. The molecule has 0 aliphatic carbocycles. The number of nitrogens with zero attached hydrogens (tertiary/aromatic N) is 1. The predicted molar refractivity (Wildman–Crippen MR) is 81.4 cm³/mol. The van der Waals surface area contributed by atoms with Crippen LogP contribution in [0.1, 0.15) is 11.1 Å². The number of para-hydroxylation sites is 1. The van der Waals surface area contributed by atoms with Crippen LogP contribution < -0.4 is 0 Å². The summed E-state index contributed by atoms with van der Waals surface area (Å²) >= 11 is 0. The van der Waals surface area contributed by atoms with Gasteiger partial charge in [0, 0.05) is 17.4 Å². The van der Waals surface area contributed by atoms with E-state index in [9.17, 15) is 12.8 Å². The van der Waals surface area contributed by atoms with Crippen LogP contribution in [0.4, 0.5) is 4.39 Å². The number of benzene rings is 2. The Bertz CT molecular complexity index is 899. The molecule has 0 aliphatic heterocycles. The van der Waals surface area contributed by atoms with Gasteiger partial charge in [-0.25, -0.2) is 12.4 Å². The van der Waals surface area contributed by atoms with E-state index in [-0.39, 0.29) is 0 Å². The van der Waals surface area contributed by atoms with Gasteiger partial charge in [-0.3, -0.25) is 0 Å². The van der Waals surface area contributed by atoms with Gasteiger partial charge in [0.15, 0.2) is 0 Å². The van der Waals surface area contributed by atoms with Gasteiger partial charge in [0.2, 0.25) is 16.0 Å². The fourth-order valence-corrected chi connectivity index (χ4v) is 3.46. The first-order valence-electron chi connectivity index (χ1n) is 6.51. The van der Waals surface area contributed by atoms with Gasteiger partial charge in [0.25, 0.3) is 0 Å². The molecule has 3 rings (SSSR count). The summed E-state index contributed by atoms with van der Waals surface area (Å²) in [6.07, 6.45) is 1.37. The molecule has 1 aromatic heterocycles. The Labute approximate surface area is 122 Å². The Hall–Kier alpha value is -2.14. The molecule has 0 fully saturated rings. The summed E-state index contributed by atoms with van der Waals surface area (Å²) in [4.78, 5) is 0. The second-order valence-electron chi connectivity index (χ2n) is 4.98. The highest BCUT2D eigenvalue weighted by Crippen LogP contribution is 2.28. The summed E-state index contributed by atoms with van der Waals surface area (Å²) in [6.45, 7) is 0. The quantitative estimate of drug-likeness (QED) is 0.745. The third-order valence-corrected chi connectivity index (χ3v) is 4.45. The molecule has 0 unspecified atom stereocenters. The van der Waals surface area contributed by atoms with Gasteiger partial charge in [-0.05, 0) is 11.6 Å². The first kappa shape index (κ1) is 13.8. The predicted octanol–water partition coefficient (Wildman–Crippen LogP) is 3.18. The van der Waals surface area contributed by atoms with Crippen molar-refractivity contribution in [3.05, 3.63) is 71.7 Å². The lowest BCUT2D eigenvalue weighted by Crippen LogP contribution is -2.12. The molecule has 3 nitrogen and oxygen atoms in total. The first-order valence-corrected chi connectivity index (χ1v) is 8.35. The molecule has 5 heteroatoms. The molecule has 0 atom stereocenters. The van der Waals surface area contributed by atoms with Crippen molar-refractivity contribution in [3.63, 3.8) is 0 Å². The molecule has 2 aromatic carbocycles. The van der Waals surface area contributed by atoms with Crippen molar-refractivity contribution in [2.24, 2.45) is 0 Å². The zero-order valence-corrected chi connectivity index (χ0v) is 12.3. The van der Waals surface area contributed by atoms with Gasteiger partial charge < -0.3 is 0 Å². The number of hydrogen-bond donors (Lipinski definition) is 0. The van der Waals surface area contributed by atoms with Crippen LogP contribution in [-0.2, 0) is 16.4 Å². The van der Waals surface area contributed by atoms with Gasteiger partial charge in [-0.15, -0.1) is 0 Å². The third-order valence-electron chi connectivity index (χ3n) is 3.43. The lowest BCUT2D eigenvalue weighted by Gasteiger charge is -2.03. The molecule has 21 heavy (non-hydrogen) atoms. The van der Waals surface area contributed by atoms with Gasteiger partial charge in [0.1, 0.15) is 0 Å². The van der Waals surface area contributed by atoms with Crippen LogP contribution in [0.25, 0.3) is 10.9 Å². The summed E-state index contributed by atoms with van der Waals surface area (Å²) in [5.41, 5.74) is 1.72. The first-order chi connectivity index (χ1) is 9.98. The SMILES string of the molecule is CS(=O)(=O)n1c(F)c(Cc2ccccc2)c2ccccc21. The lowest BCUT2D eigenvalue weighted by molar-refractivity contribution is 0.542. The smallest absolute Gasteiger partial charge is 0.212 e. The van der Waals surface area contributed by atoms with Gasteiger partial charge in [-0.1, -0.05) is 48.5 Å². The summed E-state index contributed by atoms with van der Waals surface area (Å²) in [5, 5.41) is 0.629. The Morgan fingerprint density at radius 1 is 1.00 bits per heavy atom. The second-order valence-corrected chi connectivity index (χ2v) is 6.81. The van der Waals surface area contributed by atoms with Crippen LogP contribution in [0.2, 0.25) is 0 Å². The molecule has 0 spiro atoms. The van der Waals surface area contributed by atoms with Crippen molar-refractivity contribution in [2.75, 3.05) is 6.26 Å². The van der Waals surface area contributed by atoms with E-state index in [0.717, 1.165) is 15.8 Å². The van der Waals surface area contributed by atoms with Crippen LogP contribution in [0, 0.1) is 5.95 Å². The van der Waals surface area contributed by atoms with Gasteiger partial charge in [0.05, 0.1) is 11.8 Å². The number of aromatic nitrogens is 1.